The van der Waals surface area contributed by atoms with Gasteiger partial charge in [-0.3, -0.25) is 25.0 Å². The fraction of sp³-hybridized carbons (Fsp3) is 0.694. The highest BCUT2D eigenvalue weighted by molar-refractivity contribution is 7.99. The lowest BCUT2D eigenvalue weighted by Crippen LogP contribution is -2.56. The van der Waals surface area contributed by atoms with Crippen LogP contribution in [0, 0.1) is 49.4 Å². The lowest BCUT2D eigenvalue weighted by molar-refractivity contribution is -0.152. The van der Waals surface area contributed by atoms with Crippen molar-refractivity contribution < 1.29 is 42.8 Å². The minimum absolute atomic E-state index is 0.0824. The molecule has 0 rings (SSSR count). The van der Waals surface area contributed by atoms with Gasteiger partial charge in [0.15, 0.2) is 0 Å². The van der Waals surface area contributed by atoms with Crippen molar-refractivity contribution in [1.29, 1.82) is 0 Å². The first kappa shape index (κ1) is 45.8. The van der Waals surface area contributed by atoms with Crippen LogP contribution in [-0.2, 0) is 42.8 Å². The summed E-state index contributed by atoms with van der Waals surface area (Å²) in [6.45, 7) is 7.33. The maximum atomic E-state index is 12.9. The predicted octanol–water partition coefficient (Wildman–Crippen LogP) is 1.56. The van der Waals surface area contributed by atoms with Gasteiger partial charge in [0.2, 0.25) is 5.91 Å². The largest absolute Gasteiger partial charge is 0.462 e. The number of hydrogen-bond donors (Lipinski definition) is 3. The Balaban J connectivity index is 5.42. The van der Waals surface area contributed by atoms with Gasteiger partial charge in [-0.05, 0) is 51.5 Å². The van der Waals surface area contributed by atoms with Crippen LogP contribution < -0.4 is 16.0 Å². The van der Waals surface area contributed by atoms with Gasteiger partial charge in [-0.15, -0.1) is 25.7 Å². The van der Waals surface area contributed by atoms with Gasteiger partial charge in [0, 0.05) is 6.42 Å². The predicted molar refractivity (Wildman–Crippen MR) is 191 cm³/mol. The van der Waals surface area contributed by atoms with Gasteiger partial charge in [0.1, 0.15) is 45.2 Å². The van der Waals surface area contributed by atoms with Crippen LogP contribution >= 0.6 is 11.8 Å². The van der Waals surface area contributed by atoms with E-state index in [4.69, 9.17) is 54.1 Å². The maximum Gasteiger partial charge on any atom is 0.320 e. The zero-order valence-corrected chi connectivity index (χ0v) is 30.4. The first-order chi connectivity index (χ1) is 23.4. The Bertz CT molecular complexity index is 1030. The van der Waals surface area contributed by atoms with Crippen LogP contribution in [0.15, 0.2) is 0 Å². The van der Waals surface area contributed by atoms with E-state index in [9.17, 15) is 14.4 Å². The van der Waals surface area contributed by atoms with Crippen molar-refractivity contribution in [2.24, 2.45) is 0 Å². The van der Waals surface area contributed by atoms with Crippen LogP contribution in [0.3, 0.4) is 0 Å². The van der Waals surface area contributed by atoms with Crippen molar-refractivity contribution in [2.45, 2.75) is 70.0 Å². The molecule has 0 atom stereocenters. The monoisotopic (exact) mass is 705 g/mol. The zero-order chi connectivity index (χ0) is 36.9. The van der Waals surface area contributed by atoms with Gasteiger partial charge in [-0.1, -0.05) is 30.6 Å². The first-order valence-electron chi connectivity index (χ1n) is 16.1. The molecule has 0 heterocycles. The van der Waals surface area contributed by atoms with E-state index in [1.165, 1.54) is 0 Å². The fourth-order valence-corrected chi connectivity index (χ4v) is 4.93. The molecule has 0 radical (unpaired) electrons. The second-order valence-electron chi connectivity index (χ2n) is 12.1. The summed E-state index contributed by atoms with van der Waals surface area (Å²) in [6.07, 6.45) is 24.1. The number of hydrogen-bond acceptors (Lipinski definition) is 12. The molecule has 274 valence electrons. The Morgan fingerprint density at radius 2 is 1.02 bits per heavy atom. The van der Waals surface area contributed by atoms with E-state index in [1.807, 2.05) is 11.8 Å². The molecule has 0 spiro atoms. The summed E-state index contributed by atoms with van der Waals surface area (Å²) in [7, 11) is 0. The van der Waals surface area contributed by atoms with Crippen LogP contribution in [0.1, 0.15) is 53.4 Å². The van der Waals surface area contributed by atoms with E-state index in [0.717, 1.165) is 24.3 Å². The zero-order valence-electron chi connectivity index (χ0n) is 29.6. The number of esters is 2. The second kappa shape index (κ2) is 27.6. The van der Waals surface area contributed by atoms with Crippen molar-refractivity contribution in [3.8, 4) is 49.4 Å². The van der Waals surface area contributed by atoms with E-state index in [-0.39, 0.29) is 91.5 Å². The van der Waals surface area contributed by atoms with Gasteiger partial charge in [-0.2, -0.15) is 11.8 Å². The lowest BCUT2D eigenvalue weighted by atomic mass is 10.0. The Morgan fingerprint density at radius 3 is 1.39 bits per heavy atom. The highest BCUT2D eigenvalue weighted by Gasteiger charge is 2.32. The van der Waals surface area contributed by atoms with Crippen LogP contribution in [0.5, 0.6) is 0 Å². The Labute approximate surface area is 297 Å². The van der Waals surface area contributed by atoms with Gasteiger partial charge in [0.05, 0.1) is 50.6 Å². The van der Waals surface area contributed by atoms with Gasteiger partial charge in [-0.25, -0.2) is 0 Å². The molecule has 49 heavy (non-hydrogen) atoms. The number of terminal acetylenes is 4. The summed E-state index contributed by atoms with van der Waals surface area (Å²) in [6, 6.07) is 0. The van der Waals surface area contributed by atoms with Crippen molar-refractivity contribution >= 4 is 29.6 Å². The van der Waals surface area contributed by atoms with E-state index in [2.05, 4.69) is 46.6 Å². The highest BCUT2D eigenvalue weighted by atomic mass is 32.2. The number of rotatable bonds is 30. The summed E-state index contributed by atoms with van der Waals surface area (Å²) < 4.78 is 32.9. The molecule has 0 aliphatic rings. The molecule has 0 aromatic rings. The molecule has 0 aliphatic heterocycles. The molecule has 0 aromatic heterocycles. The molecular formula is C36H55N3O9S. The molecule has 3 N–H and O–H groups in total. The molecule has 0 aromatic carbocycles. The molecule has 13 heteroatoms. The van der Waals surface area contributed by atoms with E-state index in [1.54, 1.807) is 20.8 Å². The normalized spacial score (nSPS) is 11.4. The molecule has 0 fully saturated rings. The molecule has 12 nitrogen and oxygen atoms in total. The maximum absolute atomic E-state index is 12.9. The molecule has 0 bridgehead atoms. The Kier molecular flexibility index (Phi) is 25.7. The minimum Gasteiger partial charge on any atom is -0.462 e. The molecule has 0 unspecified atom stereocenters. The van der Waals surface area contributed by atoms with Crippen LogP contribution in [0.2, 0.25) is 0 Å². The van der Waals surface area contributed by atoms with Crippen molar-refractivity contribution in [2.75, 3.05) is 90.7 Å². The third kappa shape index (κ3) is 24.5. The minimum atomic E-state index is -1.22. The van der Waals surface area contributed by atoms with Crippen LogP contribution in [0.25, 0.3) is 0 Å². The van der Waals surface area contributed by atoms with E-state index >= 15 is 0 Å². The molecule has 0 saturated carbocycles. The Morgan fingerprint density at radius 1 is 0.612 bits per heavy atom. The van der Waals surface area contributed by atoms with Crippen LogP contribution in [0.4, 0.5) is 0 Å². The number of amides is 1. The third-order valence-electron chi connectivity index (χ3n) is 6.58. The van der Waals surface area contributed by atoms with Gasteiger partial charge < -0.3 is 33.7 Å². The summed E-state index contributed by atoms with van der Waals surface area (Å²) in [5, 5.41) is 9.03. The topological polar surface area (TPSA) is 143 Å². The number of carbonyl (C=O) groups is 3. The molecule has 0 saturated heterocycles. The highest BCUT2D eigenvalue weighted by Crippen LogP contribution is 2.12. The summed E-state index contributed by atoms with van der Waals surface area (Å²) in [5.74, 6) is 10.1. The summed E-state index contributed by atoms with van der Waals surface area (Å²) in [5.41, 5.74) is -2.81. The van der Waals surface area contributed by atoms with Gasteiger partial charge in [0.25, 0.3) is 0 Å². The molecular weight excluding hydrogens is 650 g/mol. The Hall–Kier alpha value is -3.24. The van der Waals surface area contributed by atoms with Crippen molar-refractivity contribution in [3.63, 3.8) is 0 Å². The standard InChI is InChI=1S/C36H55N3O9S/c1-9-17-43-25-34(6,26-44-18-10-2)37-23-32(41)47-29-36(8,39-31(40)16-14-15-22-49-21-13-5)30-48-33(42)24-38-35(7,27-45-19-11-3)28-46-20-12-4/h1-4,37-38H,13-30H2,5-8H3,(H,39,40). The number of carbonyl (C=O) groups excluding carboxylic acids is 3. The third-order valence-corrected chi connectivity index (χ3v) is 7.85. The van der Waals surface area contributed by atoms with Crippen LogP contribution in [-0.4, -0.2) is 125 Å². The van der Waals surface area contributed by atoms with Crippen molar-refractivity contribution in [3.05, 3.63) is 0 Å². The van der Waals surface area contributed by atoms with E-state index < -0.39 is 28.6 Å². The number of unbranched alkanes of at least 4 members (excludes halogenated alkanes) is 1. The molecule has 1 amide bonds. The summed E-state index contributed by atoms with van der Waals surface area (Å²) in [4.78, 5) is 38.6. The van der Waals surface area contributed by atoms with E-state index in [0.29, 0.717) is 6.42 Å². The summed E-state index contributed by atoms with van der Waals surface area (Å²) >= 11 is 1.85. The average molecular weight is 706 g/mol. The smallest absolute Gasteiger partial charge is 0.320 e. The second-order valence-corrected chi connectivity index (χ2v) is 13.3. The first-order valence-corrected chi connectivity index (χ1v) is 17.3. The number of thioether (sulfide) groups is 1. The number of ether oxygens (including phenoxy) is 6. The fourth-order valence-electron chi connectivity index (χ4n) is 4.03. The average Bonchev–Trinajstić information content (AvgIpc) is 3.07. The SMILES string of the molecule is C#CCOCC(C)(COCC#C)NCC(=O)OCC(C)(COC(=O)CNC(C)(COCC#C)COCC#C)NC(=O)CCCCSCCC. The number of nitrogens with one attached hydrogen (secondary N) is 3. The quantitative estimate of drug-likeness (QED) is 0.0567. The van der Waals surface area contributed by atoms with Crippen molar-refractivity contribution in [1.82, 2.24) is 16.0 Å². The molecule has 0 aliphatic carbocycles. The lowest BCUT2D eigenvalue weighted by Gasteiger charge is -2.32. The van der Waals surface area contributed by atoms with Gasteiger partial charge >= 0.3 is 11.9 Å².